The van der Waals surface area contributed by atoms with Gasteiger partial charge < -0.3 is 4.90 Å². The van der Waals surface area contributed by atoms with Gasteiger partial charge in [-0.1, -0.05) is 42.5 Å². The van der Waals surface area contributed by atoms with Crippen LogP contribution < -0.4 is 0 Å². The standard InChI is InChI=1S/C22H26N2O2S/c25-27(26,22-8-7-18-3-1-2-4-19(18)15-22)24-11-9-23(10-12-24)16-21-14-17-5-6-20(21)13-17/h1-8,15,17,20-21H,9-14,16H2/t17-,20+,21+/m0/s1. The van der Waals surface area contributed by atoms with Crippen LogP contribution in [0, 0.1) is 17.8 Å². The first-order valence-corrected chi connectivity index (χ1v) is 11.4. The second kappa shape index (κ2) is 6.73. The van der Waals surface area contributed by atoms with Crippen LogP contribution in [0.15, 0.2) is 59.5 Å². The van der Waals surface area contributed by atoms with Crippen LogP contribution in [0.25, 0.3) is 10.8 Å². The van der Waals surface area contributed by atoms with Crippen molar-refractivity contribution in [2.45, 2.75) is 17.7 Å². The third-order valence-corrected chi connectivity index (χ3v) is 8.49. The smallest absolute Gasteiger partial charge is 0.243 e. The van der Waals surface area contributed by atoms with Crippen molar-refractivity contribution in [2.24, 2.45) is 17.8 Å². The van der Waals surface area contributed by atoms with Gasteiger partial charge in [0.15, 0.2) is 0 Å². The summed E-state index contributed by atoms with van der Waals surface area (Å²) in [7, 11) is -3.42. The average Bonchev–Trinajstić information content (AvgIpc) is 3.31. The highest BCUT2D eigenvalue weighted by molar-refractivity contribution is 7.89. The Labute approximate surface area is 161 Å². The monoisotopic (exact) mass is 382 g/mol. The van der Waals surface area contributed by atoms with Gasteiger partial charge in [-0.2, -0.15) is 4.31 Å². The van der Waals surface area contributed by atoms with Crippen molar-refractivity contribution in [3.63, 3.8) is 0 Å². The van der Waals surface area contributed by atoms with Crippen LogP contribution >= 0.6 is 0 Å². The molecule has 2 bridgehead atoms. The summed E-state index contributed by atoms with van der Waals surface area (Å²) in [6.45, 7) is 3.97. The molecule has 1 saturated carbocycles. The zero-order valence-corrected chi connectivity index (χ0v) is 16.3. The van der Waals surface area contributed by atoms with Crippen molar-refractivity contribution in [1.29, 1.82) is 0 Å². The summed E-state index contributed by atoms with van der Waals surface area (Å²) in [5.74, 6) is 2.33. The van der Waals surface area contributed by atoms with Gasteiger partial charge in [-0.15, -0.1) is 0 Å². The molecule has 1 aliphatic heterocycles. The van der Waals surface area contributed by atoms with E-state index in [1.165, 1.54) is 12.8 Å². The molecular formula is C22H26N2O2S. The van der Waals surface area contributed by atoms with Gasteiger partial charge in [-0.05, 0) is 53.5 Å². The molecule has 4 nitrogen and oxygen atoms in total. The summed E-state index contributed by atoms with van der Waals surface area (Å²) in [4.78, 5) is 2.87. The third-order valence-electron chi connectivity index (χ3n) is 6.60. The minimum absolute atomic E-state index is 0.410. The second-order valence-electron chi connectivity index (χ2n) is 8.25. The van der Waals surface area contributed by atoms with E-state index in [0.29, 0.717) is 18.0 Å². The molecule has 0 spiro atoms. The fourth-order valence-electron chi connectivity index (χ4n) is 5.07. The van der Waals surface area contributed by atoms with Gasteiger partial charge in [-0.25, -0.2) is 8.42 Å². The van der Waals surface area contributed by atoms with Gasteiger partial charge in [0, 0.05) is 32.7 Å². The lowest BCUT2D eigenvalue weighted by Crippen LogP contribution is -2.49. The molecule has 142 valence electrons. The van der Waals surface area contributed by atoms with E-state index < -0.39 is 10.0 Å². The van der Waals surface area contributed by atoms with Gasteiger partial charge in [0.05, 0.1) is 4.90 Å². The van der Waals surface area contributed by atoms with Gasteiger partial charge in [0.1, 0.15) is 0 Å². The zero-order valence-electron chi connectivity index (χ0n) is 15.5. The number of allylic oxidation sites excluding steroid dienone is 2. The van der Waals surface area contributed by atoms with E-state index in [1.54, 1.807) is 16.4 Å². The normalized spacial score (nSPS) is 29.0. The molecule has 3 aliphatic rings. The first-order chi connectivity index (χ1) is 13.1. The minimum Gasteiger partial charge on any atom is -0.300 e. The Bertz CT molecular complexity index is 977. The lowest BCUT2D eigenvalue weighted by molar-refractivity contribution is 0.156. The number of benzene rings is 2. The lowest BCUT2D eigenvalue weighted by atomic mass is 9.93. The molecule has 0 unspecified atom stereocenters. The van der Waals surface area contributed by atoms with Crippen molar-refractivity contribution < 1.29 is 8.42 Å². The second-order valence-corrected chi connectivity index (χ2v) is 10.2. The van der Waals surface area contributed by atoms with Crippen molar-refractivity contribution in [1.82, 2.24) is 9.21 Å². The Hall–Kier alpha value is -1.69. The molecule has 2 fully saturated rings. The molecule has 2 aromatic rings. The first kappa shape index (κ1) is 17.4. The highest BCUT2D eigenvalue weighted by atomic mass is 32.2. The Morgan fingerprint density at radius 3 is 2.37 bits per heavy atom. The number of fused-ring (bicyclic) bond motifs is 3. The van der Waals surface area contributed by atoms with E-state index in [2.05, 4.69) is 17.1 Å². The molecule has 1 heterocycles. The van der Waals surface area contributed by atoms with E-state index in [0.717, 1.165) is 48.2 Å². The van der Waals surface area contributed by atoms with Crippen molar-refractivity contribution >= 4 is 20.8 Å². The number of hydrogen-bond donors (Lipinski definition) is 0. The van der Waals surface area contributed by atoms with E-state index >= 15 is 0 Å². The molecular weight excluding hydrogens is 356 g/mol. The van der Waals surface area contributed by atoms with Gasteiger partial charge in [-0.3, -0.25) is 0 Å². The van der Waals surface area contributed by atoms with Gasteiger partial charge in [0.25, 0.3) is 0 Å². The van der Waals surface area contributed by atoms with Crippen molar-refractivity contribution in [3.05, 3.63) is 54.6 Å². The summed E-state index contributed by atoms with van der Waals surface area (Å²) in [6.07, 6.45) is 7.44. The summed E-state index contributed by atoms with van der Waals surface area (Å²) in [5, 5.41) is 2.04. The van der Waals surface area contributed by atoms with Gasteiger partial charge >= 0.3 is 0 Å². The van der Waals surface area contributed by atoms with Crippen LogP contribution in [0.2, 0.25) is 0 Å². The Morgan fingerprint density at radius 1 is 0.889 bits per heavy atom. The molecule has 5 rings (SSSR count). The summed E-state index contributed by atoms with van der Waals surface area (Å²) < 4.78 is 27.8. The molecule has 0 N–H and O–H groups in total. The largest absolute Gasteiger partial charge is 0.300 e. The Balaban J connectivity index is 1.25. The van der Waals surface area contributed by atoms with E-state index in [9.17, 15) is 8.42 Å². The predicted octanol–water partition coefficient (Wildman–Crippen LogP) is 3.36. The molecule has 2 aromatic carbocycles. The maximum atomic E-state index is 13.1. The lowest BCUT2D eigenvalue weighted by Gasteiger charge is -2.36. The maximum Gasteiger partial charge on any atom is 0.243 e. The van der Waals surface area contributed by atoms with E-state index in [-0.39, 0.29) is 0 Å². The molecule has 1 saturated heterocycles. The summed E-state index contributed by atoms with van der Waals surface area (Å²) in [6, 6.07) is 13.3. The predicted molar refractivity (Wildman–Crippen MR) is 108 cm³/mol. The topological polar surface area (TPSA) is 40.6 Å². The summed E-state index contributed by atoms with van der Waals surface area (Å²) >= 11 is 0. The van der Waals surface area contributed by atoms with Gasteiger partial charge in [0.2, 0.25) is 10.0 Å². The Kier molecular flexibility index (Phi) is 4.34. The fourth-order valence-corrected chi connectivity index (χ4v) is 6.52. The number of sulfonamides is 1. The highest BCUT2D eigenvalue weighted by Gasteiger charge is 2.37. The molecule has 27 heavy (non-hydrogen) atoms. The van der Waals surface area contributed by atoms with Crippen LogP contribution in [0.5, 0.6) is 0 Å². The molecule has 0 amide bonds. The average molecular weight is 383 g/mol. The van der Waals surface area contributed by atoms with Crippen molar-refractivity contribution in [2.75, 3.05) is 32.7 Å². The SMILES string of the molecule is O=S(=O)(c1ccc2ccccc2c1)N1CCN(C[C@H]2C[C@H]3C=C[C@@H]2C3)CC1. The number of piperazine rings is 1. The maximum absolute atomic E-state index is 13.1. The molecule has 5 heteroatoms. The quantitative estimate of drug-likeness (QED) is 0.762. The van der Waals surface area contributed by atoms with Crippen LogP contribution in [0.1, 0.15) is 12.8 Å². The van der Waals surface area contributed by atoms with Crippen LogP contribution in [-0.2, 0) is 10.0 Å². The molecule has 2 aliphatic carbocycles. The van der Waals surface area contributed by atoms with Crippen LogP contribution in [0.3, 0.4) is 0 Å². The Morgan fingerprint density at radius 2 is 1.67 bits per heavy atom. The van der Waals surface area contributed by atoms with Crippen LogP contribution in [0.4, 0.5) is 0 Å². The zero-order chi connectivity index (χ0) is 18.4. The molecule has 0 aromatic heterocycles. The molecule has 0 radical (unpaired) electrons. The minimum atomic E-state index is -3.42. The number of rotatable bonds is 4. The van der Waals surface area contributed by atoms with Crippen LogP contribution in [-0.4, -0.2) is 50.3 Å². The first-order valence-electron chi connectivity index (χ1n) is 9.99. The van der Waals surface area contributed by atoms with E-state index in [4.69, 9.17) is 0 Å². The van der Waals surface area contributed by atoms with E-state index in [1.807, 2.05) is 30.3 Å². The summed E-state index contributed by atoms with van der Waals surface area (Å²) in [5.41, 5.74) is 0. The molecule has 3 atom stereocenters. The third kappa shape index (κ3) is 3.22. The fraction of sp³-hybridized carbons (Fsp3) is 0.455. The number of nitrogens with zero attached hydrogens (tertiary/aromatic N) is 2. The highest BCUT2D eigenvalue weighted by Crippen LogP contribution is 2.43. The van der Waals surface area contributed by atoms with Crippen molar-refractivity contribution in [3.8, 4) is 0 Å². The number of hydrogen-bond acceptors (Lipinski definition) is 3.